The Kier molecular flexibility index (Phi) is 6.85. The summed E-state index contributed by atoms with van der Waals surface area (Å²) in [5.41, 5.74) is 2.00. The summed E-state index contributed by atoms with van der Waals surface area (Å²) in [6, 6.07) is 12.4. The molecule has 2 aliphatic heterocycles. The fourth-order valence-electron chi connectivity index (χ4n) is 4.70. The van der Waals surface area contributed by atoms with E-state index in [9.17, 15) is 9.59 Å². The number of likely N-dealkylation sites (N-methyl/N-ethyl adjacent to an activating group) is 1. The fourth-order valence-corrected chi connectivity index (χ4v) is 5.33. The minimum atomic E-state index is -0.246. The zero-order chi connectivity index (χ0) is 20.9. The van der Waals surface area contributed by atoms with Crippen molar-refractivity contribution < 1.29 is 14.3 Å². The maximum atomic E-state index is 13.1. The second kappa shape index (κ2) is 9.75. The van der Waals surface area contributed by atoms with Gasteiger partial charge in [0.1, 0.15) is 6.10 Å². The molecule has 2 aromatic rings. The molecule has 3 heterocycles. The van der Waals surface area contributed by atoms with Gasteiger partial charge in [-0.2, -0.15) is 11.3 Å². The third-order valence-corrected chi connectivity index (χ3v) is 7.16. The van der Waals surface area contributed by atoms with E-state index in [2.05, 4.69) is 24.3 Å². The lowest BCUT2D eigenvalue weighted by Crippen LogP contribution is -2.50. The van der Waals surface area contributed by atoms with E-state index in [0.29, 0.717) is 12.5 Å². The molecule has 0 radical (unpaired) electrons. The number of likely N-dealkylation sites (tertiary alicyclic amines) is 1. The minimum Gasteiger partial charge on any atom is -0.368 e. The first-order valence-corrected chi connectivity index (χ1v) is 11.8. The van der Waals surface area contributed by atoms with Crippen LogP contribution in [-0.2, 0) is 16.0 Å². The third-order valence-electron chi connectivity index (χ3n) is 6.47. The Morgan fingerprint density at radius 2 is 1.93 bits per heavy atom. The van der Waals surface area contributed by atoms with Crippen LogP contribution in [0, 0.1) is 5.92 Å². The molecule has 2 atom stereocenters. The van der Waals surface area contributed by atoms with E-state index in [1.807, 2.05) is 39.7 Å². The molecule has 2 fully saturated rings. The molecule has 0 saturated carbocycles. The highest BCUT2D eigenvalue weighted by Crippen LogP contribution is 2.29. The van der Waals surface area contributed by atoms with Crippen molar-refractivity contribution in [2.24, 2.45) is 5.92 Å². The van der Waals surface area contributed by atoms with Crippen molar-refractivity contribution in [2.75, 3.05) is 26.7 Å². The van der Waals surface area contributed by atoms with Gasteiger partial charge in [-0.25, -0.2) is 0 Å². The Bertz CT molecular complexity index is 825. The van der Waals surface area contributed by atoms with Crippen LogP contribution in [0.25, 0.3) is 0 Å². The summed E-state index contributed by atoms with van der Waals surface area (Å²) >= 11 is 1.55. The molecule has 2 aliphatic rings. The van der Waals surface area contributed by atoms with Gasteiger partial charge in [0.05, 0.1) is 5.56 Å². The molecule has 5 nitrogen and oxygen atoms in total. The van der Waals surface area contributed by atoms with Crippen LogP contribution in [0.15, 0.2) is 47.2 Å². The lowest BCUT2D eigenvalue weighted by molar-refractivity contribution is -0.142. The van der Waals surface area contributed by atoms with Crippen LogP contribution in [-0.4, -0.2) is 60.5 Å². The van der Waals surface area contributed by atoms with E-state index >= 15 is 0 Å². The van der Waals surface area contributed by atoms with E-state index in [1.165, 1.54) is 5.56 Å². The summed E-state index contributed by atoms with van der Waals surface area (Å²) < 4.78 is 5.59. The number of amides is 2. The quantitative estimate of drug-likeness (QED) is 0.705. The lowest BCUT2D eigenvalue weighted by atomic mass is 9.84. The van der Waals surface area contributed by atoms with Crippen molar-refractivity contribution in [3.05, 3.63) is 58.3 Å². The van der Waals surface area contributed by atoms with Crippen LogP contribution >= 0.6 is 11.3 Å². The van der Waals surface area contributed by atoms with Crippen LogP contribution in [0.4, 0.5) is 0 Å². The van der Waals surface area contributed by atoms with Gasteiger partial charge in [0.15, 0.2) is 0 Å². The molecule has 2 saturated heterocycles. The zero-order valence-electron chi connectivity index (χ0n) is 17.5. The van der Waals surface area contributed by atoms with Crippen molar-refractivity contribution in [1.29, 1.82) is 0 Å². The predicted octanol–water partition coefficient (Wildman–Crippen LogP) is 3.85. The Balaban J connectivity index is 1.45. The molecule has 0 bridgehead atoms. The second-order valence-corrected chi connectivity index (χ2v) is 9.13. The monoisotopic (exact) mass is 426 g/mol. The number of hydrogen-bond acceptors (Lipinski definition) is 4. The van der Waals surface area contributed by atoms with Crippen LogP contribution in [0.3, 0.4) is 0 Å². The van der Waals surface area contributed by atoms with E-state index in [0.717, 1.165) is 50.8 Å². The summed E-state index contributed by atoms with van der Waals surface area (Å²) in [7, 11) is 1.93. The number of carbonyl (C=O) groups excluding carboxylic acids is 2. The van der Waals surface area contributed by atoms with Crippen molar-refractivity contribution in [1.82, 2.24) is 9.80 Å². The highest BCUT2D eigenvalue weighted by atomic mass is 32.1. The van der Waals surface area contributed by atoms with Gasteiger partial charge in [0, 0.05) is 38.2 Å². The summed E-state index contributed by atoms with van der Waals surface area (Å²) in [5.74, 6) is 0.592. The molecule has 0 aliphatic carbocycles. The van der Waals surface area contributed by atoms with Gasteiger partial charge < -0.3 is 14.5 Å². The van der Waals surface area contributed by atoms with Gasteiger partial charge in [0.2, 0.25) is 0 Å². The van der Waals surface area contributed by atoms with Crippen LogP contribution in [0.1, 0.15) is 41.6 Å². The highest BCUT2D eigenvalue weighted by Gasteiger charge is 2.35. The Morgan fingerprint density at radius 3 is 2.57 bits per heavy atom. The van der Waals surface area contributed by atoms with Gasteiger partial charge in [-0.3, -0.25) is 9.59 Å². The molecule has 0 N–H and O–H groups in total. The molecule has 0 spiro atoms. The predicted molar refractivity (Wildman–Crippen MR) is 119 cm³/mol. The SMILES string of the molecule is CN(C(=O)c1ccsc1)C(Cc1ccccc1)C1CCN(C(=O)C2CCCO2)CC1. The van der Waals surface area contributed by atoms with Gasteiger partial charge in [-0.1, -0.05) is 30.3 Å². The number of carbonyl (C=O) groups is 2. The third kappa shape index (κ3) is 4.76. The maximum Gasteiger partial charge on any atom is 0.254 e. The molecule has 1 aromatic heterocycles. The smallest absolute Gasteiger partial charge is 0.254 e. The molecule has 1 aromatic carbocycles. The number of piperidine rings is 1. The molecular formula is C24H30N2O3S. The molecule has 160 valence electrons. The standard InChI is InChI=1S/C24H30N2O3S/c1-25(23(27)20-11-15-30-17-20)21(16-18-6-3-2-4-7-18)19-9-12-26(13-10-19)24(28)22-8-5-14-29-22/h2-4,6-7,11,15,17,19,21-22H,5,8-10,12-14,16H2,1H3. The first-order chi connectivity index (χ1) is 14.6. The maximum absolute atomic E-state index is 13.1. The number of hydrogen-bond donors (Lipinski definition) is 0. The van der Waals surface area contributed by atoms with Gasteiger partial charge >= 0.3 is 0 Å². The Morgan fingerprint density at radius 1 is 1.17 bits per heavy atom. The first-order valence-electron chi connectivity index (χ1n) is 10.9. The number of nitrogens with zero attached hydrogens (tertiary/aromatic N) is 2. The van der Waals surface area contributed by atoms with Crippen molar-refractivity contribution >= 4 is 23.2 Å². The Labute approximate surface area is 182 Å². The molecule has 2 unspecified atom stereocenters. The van der Waals surface area contributed by atoms with Crippen molar-refractivity contribution in [2.45, 2.75) is 44.2 Å². The summed E-state index contributed by atoms with van der Waals surface area (Å²) in [6.45, 7) is 2.19. The molecule has 2 amide bonds. The van der Waals surface area contributed by atoms with Gasteiger partial charge in [-0.05, 0) is 55.0 Å². The van der Waals surface area contributed by atoms with Crippen LogP contribution < -0.4 is 0 Å². The van der Waals surface area contributed by atoms with Crippen LogP contribution in [0.5, 0.6) is 0 Å². The van der Waals surface area contributed by atoms with Crippen molar-refractivity contribution in [3.63, 3.8) is 0 Å². The number of ether oxygens (including phenoxy) is 1. The summed E-state index contributed by atoms with van der Waals surface area (Å²) in [4.78, 5) is 29.7. The molecule has 6 heteroatoms. The van der Waals surface area contributed by atoms with E-state index in [-0.39, 0.29) is 24.0 Å². The van der Waals surface area contributed by atoms with E-state index < -0.39 is 0 Å². The summed E-state index contributed by atoms with van der Waals surface area (Å²) in [5, 5.41) is 3.86. The summed E-state index contributed by atoms with van der Waals surface area (Å²) in [6.07, 6.45) is 4.23. The average Bonchev–Trinajstić information content (AvgIpc) is 3.51. The largest absolute Gasteiger partial charge is 0.368 e. The molecule has 4 rings (SSSR count). The fraction of sp³-hybridized carbons (Fsp3) is 0.500. The second-order valence-electron chi connectivity index (χ2n) is 8.35. The number of benzene rings is 1. The van der Waals surface area contributed by atoms with Gasteiger partial charge in [0.25, 0.3) is 11.8 Å². The highest BCUT2D eigenvalue weighted by molar-refractivity contribution is 7.08. The number of rotatable bonds is 6. The van der Waals surface area contributed by atoms with E-state index in [4.69, 9.17) is 4.74 Å². The lowest BCUT2D eigenvalue weighted by Gasteiger charge is -2.40. The van der Waals surface area contributed by atoms with Crippen LogP contribution in [0.2, 0.25) is 0 Å². The normalized spacial score (nSPS) is 20.8. The minimum absolute atomic E-state index is 0.0787. The zero-order valence-corrected chi connectivity index (χ0v) is 18.4. The molecular weight excluding hydrogens is 396 g/mol. The topological polar surface area (TPSA) is 49.9 Å². The Hall–Kier alpha value is -2.18. The number of thiophene rings is 1. The average molecular weight is 427 g/mol. The first kappa shape index (κ1) is 21.1. The van der Waals surface area contributed by atoms with Gasteiger partial charge in [-0.15, -0.1) is 0 Å². The van der Waals surface area contributed by atoms with Crippen molar-refractivity contribution in [3.8, 4) is 0 Å². The molecule has 30 heavy (non-hydrogen) atoms. The van der Waals surface area contributed by atoms with E-state index in [1.54, 1.807) is 11.3 Å².